The molecule has 3 rings (SSSR count). The second kappa shape index (κ2) is 10.4. The van der Waals surface area contributed by atoms with Crippen molar-refractivity contribution in [3.8, 4) is 0 Å². The summed E-state index contributed by atoms with van der Waals surface area (Å²) in [5.41, 5.74) is 6.89. The van der Waals surface area contributed by atoms with Crippen LogP contribution in [0.3, 0.4) is 0 Å². The van der Waals surface area contributed by atoms with E-state index in [0.29, 0.717) is 16.8 Å². The molecule has 7 nitrogen and oxygen atoms in total. The Morgan fingerprint density at radius 2 is 1.55 bits per heavy atom. The lowest BCUT2D eigenvalue weighted by molar-refractivity contribution is -0.192. The van der Waals surface area contributed by atoms with Gasteiger partial charge in [0.1, 0.15) is 0 Å². The third-order valence-corrected chi connectivity index (χ3v) is 4.63. The number of aliphatic carboxylic acids is 1. The third-order valence-electron chi connectivity index (χ3n) is 4.63. The van der Waals surface area contributed by atoms with Crippen molar-refractivity contribution in [3.63, 3.8) is 0 Å². The van der Waals surface area contributed by atoms with Crippen molar-refractivity contribution in [1.29, 1.82) is 0 Å². The van der Waals surface area contributed by atoms with Crippen molar-refractivity contribution in [2.45, 2.75) is 24.6 Å². The maximum absolute atomic E-state index is 13.4. The van der Waals surface area contributed by atoms with E-state index in [1.54, 1.807) is 48.5 Å². The second-order valence-corrected chi connectivity index (χ2v) is 7.07. The number of carboxylic acids is 1. The summed E-state index contributed by atoms with van der Waals surface area (Å²) in [6.07, 6.45) is -5.52. The summed E-state index contributed by atoms with van der Waals surface area (Å²) >= 11 is 0. The van der Waals surface area contributed by atoms with Gasteiger partial charge in [-0.15, -0.1) is 0 Å². The summed E-state index contributed by atoms with van der Waals surface area (Å²) in [6, 6.07) is 13.7. The first kappa shape index (κ1) is 25.7. The number of nitrogens with zero attached hydrogens (tertiary/aromatic N) is 1. The van der Waals surface area contributed by atoms with Gasteiger partial charge < -0.3 is 21.1 Å². The number of carbonyl (C=O) groups is 3. The molecular formula is C21H20F5N3O4. The molecule has 2 amide bonds. The standard InChI is InChI=1S/C19H19F2N3O2.C2HF3O2/c20-19(21)10-11-24(12-16(19)22)18(26)14-6-8-15(9-7-14)23-17(25)13-4-2-1-3-5-13;3-2(4,5)1(6)7/h1-9,16H,10-12,22H2,(H,23,25);(H,6,7). The number of carboxylic acid groups (broad SMARTS) is 1. The number of piperidine rings is 1. The Labute approximate surface area is 185 Å². The van der Waals surface area contributed by atoms with Crippen LogP contribution in [0.4, 0.5) is 27.6 Å². The zero-order chi connectivity index (χ0) is 24.8. The van der Waals surface area contributed by atoms with Crippen LogP contribution in [0.2, 0.25) is 0 Å². The first-order valence-corrected chi connectivity index (χ1v) is 9.50. The molecule has 1 aliphatic rings. The quantitative estimate of drug-likeness (QED) is 0.592. The van der Waals surface area contributed by atoms with Crippen LogP contribution in [-0.4, -0.2) is 59.0 Å². The summed E-state index contributed by atoms with van der Waals surface area (Å²) in [7, 11) is 0. The number of likely N-dealkylation sites (tertiary alicyclic amines) is 1. The largest absolute Gasteiger partial charge is 0.490 e. The third kappa shape index (κ3) is 7.24. The molecule has 4 N–H and O–H groups in total. The Balaban J connectivity index is 0.000000479. The molecule has 1 fully saturated rings. The van der Waals surface area contributed by atoms with E-state index in [1.165, 1.54) is 4.90 Å². The van der Waals surface area contributed by atoms with Gasteiger partial charge in [-0.1, -0.05) is 18.2 Å². The Bertz CT molecular complexity index is 982. The minimum atomic E-state index is -5.08. The molecule has 0 radical (unpaired) electrons. The number of hydrogen-bond donors (Lipinski definition) is 3. The van der Waals surface area contributed by atoms with Crippen LogP contribution in [-0.2, 0) is 4.79 Å². The highest BCUT2D eigenvalue weighted by molar-refractivity contribution is 6.04. The van der Waals surface area contributed by atoms with E-state index in [9.17, 15) is 31.5 Å². The van der Waals surface area contributed by atoms with Crippen molar-refractivity contribution >= 4 is 23.5 Å². The minimum Gasteiger partial charge on any atom is -0.475 e. The fourth-order valence-electron chi connectivity index (χ4n) is 2.79. The second-order valence-electron chi connectivity index (χ2n) is 7.07. The monoisotopic (exact) mass is 473 g/mol. The lowest BCUT2D eigenvalue weighted by Crippen LogP contribution is -2.56. The lowest BCUT2D eigenvalue weighted by atomic mass is 10.0. The Morgan fingerprint density at radius 3 is 2.03 bits per heavy atom. The van der Waals surface area contributed by atoms with E-state index >= 15 is 0 Å². The molecule has 1 aliphatic heterocycles. The Kier molecular flexibility index (Phi) is 8.09. The fourth-order valence-corrected chi connectivity index (χ4v) is 2.79. The van der Waals surface area contributed by atoms with Gasteiger partial charge in [0.2, 0.25) is 0 Å². The molecule has 0 bridgehead atoms. The Morgan fingerprint density at radius 1 is 1.00 bits per heavy atom. The number of halogens is 5. The predicted molar refractivity (Wildman–Crippen MR) is 108 cm³/mol. The first-order valence-electron chi connectivity index (χ1n) is 9.50. The number of rotatable bonds is 3. The minimum absolute atomic E-state index is 0.0357. The van der Waals surface area contributed by atoms with Gasteiger partial charge in [0.05, 0.1) is 6.04 Å². The van der Waals surface area contributed by atoms with Gasteiger partial charge in [-0.2, -0.15) is 13.2 Å². The molecule has 0 spiro atoms. The fraction of sp³-hybridized carbons (Fsp3) is 0.286. The molecule has 12 heteroatoms. The maximum Gasteiger partial charge on any atom is 0.490 e. The molecule has 0 aromatic heterocycles. The lowest BCUT2D eigenvalue weighted by Gasteiger charge is -2.36. The Hall–Kier alpha value is -3.54. The highest BCUT2D eigenvalue weighted by Crippen LogP contribution is 2.28. The molecule has 178 valence electrons. The average Bonchev–Trinajstić information content (AvgIpc) is 2.76. The number of amides is 2. The van der Waals surface area contributed by atoms with Crippen molar-refractivity contribution < 1.29 is 41.4 Å². The van der Waals surface area contributed by atoms with Crippen LogP contribution in [0.25, 0.3) is 0 Å². The van der Waals surface area contributed by atoms with Gasteiger partial charge in [0.15, 0.2) is 0 Å². The highest BCUT2D eigenvalue weighted by atomic mass is 19.4. The molecule has 1 heterocycles. The van der Waals surface area contributed by atoms with E-state index in [-0.39, 0.29) is 24.9 Å². The van der Waals surface area contributed by atoms with Crippen LogP contribution < -0.4 is 11.1 Å². The molecular weight excluding hydrogens is 453 g/mol. The van der Waals surface area contributed by atoms with Gasteiger partial charge in [0, 0.05) is 36.3 Å². The summed E-state index contributed by atoms with van der Waals surface area (Å²) in [5, 5.41) is 9.86. The first-order chi connectivity index (χ1) is 15.3. The van der Waals surface area contributed by atoms with Crippen LogP contribution in [0.1, 0.15) is 27.1 Å². The molecule has 1 unspecified atom stereocenters. The van der Waals surface area contributed by atoms with Gasteiger partial charge in [-0.05, 0) is 36.4 Å². The van der Waals surface area contributed by atoms with Crippen LogP contribution in [0.5, 0.6) is 0 Å². The van der Waals surface area contributed by atoms with Crippen molar-refractivity contribution in [1.82, 2.24) is 4.90 Å². The van der Waals surface area contributed by atoms with Gasteiger partial charge in [0.25, 0.3) is 17.7 Å². The number of nitrogens with two attached hydrogens (primary N) is 1. The van der Waals surface area contributed by atoms with E-state index in [4.69, 9.17) is 15.6 Å². The van der Waals surface area contributed by atoms with Gasteiger partial charge in [-0.3, -0.25) is 9.59 Å². The molecule has 0 saturated carbocycles. The van der Waals surface area contributed by atoms with E-state index in [2.05, 4.69) is 5.32 Å². The molecule has 1 saturated heterocycles. The summed E-state index contributed by atoms with van der Waals surface area (Å²) in [6.45, 7) is -0.218. The average molecular weight is 473 g/mol. The molecule has 0 aliphatic carbocycles. The SMILES string of the molecule is NC1CN(C(=O)c2ccc(NC(=O)c3ccccc3)cc2)CCC1(F)F.O=C(O)C(F)(F)F. The highest BCUT2D eigenvalue weighted by Gasteiger charge is 2.43. The normalized spacial score (nSPS) is 17.4. The van der Waals surface area contributed by atoms with Gasteiger partial charge >= 0.3 is 12.1 Å². The van der Waals surface area contributed by atoms with Crippen molar-refractivity contribution in [2.24, 2.45) is 5.73 Å². The number of benzene rings is 2. The number of anilines is 1. The zero-order valence-electron chi connectivity index (χ0n) is 17.0. The number of nitrogens with one attached hydrogen (secondary N) is 1. The molecule has 33 heavy (non-hydrogen) atoms. The topological polar surface area (TPSA) is 113 Å². The summed E-state index contributed by atoms with van der Waals surface area (Å²) in [5.74, 6) is -6.30. The number of alkyl halides is 5. The number of carbonyl (C=O) groups excluding carboxylic acids is 2. The number of hydrogen-bond acceptors (Lipinski definition) is 4. The molecule has 1 atom stereocenters. The van der Waals surface area contributed by atoms with E-state index in [0.717, 1.165) is 0 Å². The van der Waals surface area contributed by atoms with Crippen LogP contribution >= 0.6 is 0 Å². The van der Waals surface area contributed by atoms with E-state index < -0.39 is 30.5 Å². The summed E-state index contributed by atoms with van der Waals surface area (Å²) < 4.78 is 58.6. The van der Waals surface area contributed by atoms with Gasteiger partial charge in [-0.25, -0.2) is 13.6 Å². The summed E-state index contributed by atoms with van der Waals surface area (Å²) in [4.78, 5) is 34.8. The smallest absolute Gasteiger partial charge is 0.475 e. The van der Waals surface area contributed by atoms with Crippen LogP contribution in [0.15, 0.2) is 54.6 Å². The predicted octanol–water partition coefficient (Wildman–Crippen LogP) is 3.38. The van der Waals surface area contributed by atoms with Crippen LogP contribution in [0, 0.1) is 0 Å². The molecule has 2 aromatic rings. The van der Waals surface area contributed by atoms with Crippen molar-refractivity contribution in [3.05, 3.63) is 65.7 Å². The van der Waals surface area contributed by atoms with E-state index in [1.807, 2.05) is 6.07 Å². The maximum atomic E-state index is 13.4. The van der Waals surface area contributed by atoms with Crippen molar-refractivity contribution in [2.75, 3.05) is 18.4 Å². The zero-order valence-corrected chi connectivity index (χ0v) is 17.0. The molecule has 2 aromatic carbocycles.